The molecule has 0 spiro atoms. The minimum atomic E-state index is -0.947. The summed E-state index contributed by atoms with van der Waals surface area (Å²) in [5.41, 5.74) is 1.89. The highest BCUT2D eigenvalue weighted by atomic mass is 16.5. The zero-order valence-corrected chi connectivity index (χ0v) is 11.2. The van der Waals surface area contributed by atoms with Gasteiger partial charge in [-0.2, -0.15) is 0 Å². The van der Waals surface area contributed by atoms with Gasteiger partial charge in [0.15, 0.2) is 0 Å². The van der Waals surface area contributed by atoms with E-state index in [2.05, 4.69) is 5.32 Å². The van der Waals surface area contributed by atoms with Gasteiger partial charge in [0.1, 0.15) is 0 Å². The van der Waals surface area contributed by atoms with E-state index in [9.17, 15) is 9.90 Å². The van der Waals surface area contributed by atoms with Crippen molar-refractivity contribution in [3.8, 4) is 0 Å². The predicted octanol–water partition coefficient (Wildman–Crippen LogP) is 3.18. The molecule has 20 heavy (non-hydrogen) atoms. The zero-order chi connectivity index (χ0) is 14.4. The number of para-hydroxylation sites is 1. The number of rotatable bonds is 6. The van der Waals surface area contributed by atoms with Gasteiger partial charge in [0.25, 0.3) is 0 Å². The fourth-order valence-electron chi connectivity index (χ4n) is 2.06. The summed E-state index contributed by atoms with van der Waals surface area (Å²) in [6, 6.07) is 16.6. The lowest BCUT2D eigenvalue weighted by atomic mass is 10.1. The van der Waals surface area contributed by atoms with Crippen molar-refractivity contribution in [2.75, 3.05) is 19.0 Å². The summed E-state index contributed by atoms with van der Waals surface area (Å²) in [4.78, 5) is 11.2. The molecule has 1 atom stereocenters. The molecule has 4 nitrogen and oxygen atoms in total. The molecule has 0 aliphatic heterocycles. The second kappa shape index (κ2) is 6.73. The number of carboxylic acids is 1. The average molecular weight is 271 g/mol. The highest BCUT2D eigenvalue weighted by Gasteiger charge is 2.15. The molecular formula is C16H17NO3. The molecular weight excluding hydrogens is 254 g/mol. The second-order valence-corrected chi connectivity index (χ2v) is 4.41. The summed E-state index contributed by atoms with van der Waals surface area (Å²) >= 11 is 0. The minimum Gasteiger partial charge on any atom is -0.478 e. The lowest BCUT2D eigenvalue weighted by Gasteiger charge is -2.20. The molecule has 2 aromatic rings. The Morgan fingerprint density at radius 3 is 2.45 bits per heavy atom. The number of carbonyl (C=O) groups is 1. The van der Waals surface area contributed by atoms with Crippen LogP contribution in [-0.2, 0) is 4.74 Å². The molecule has 0 amide bonds. The standard InChI is InChI=1S/C16H17NO3/c1-20-11-15(12-7-3-2-4-8-12)17-14-10-6-5-9-13(14)16(18)19/h2-10,15,17H,11H2,1H3,(H,18,19). The van der Waals surface area contributed by atoms with Crippen LogP contribution in [0.1, 0.15) is 22.0 Å². The van der Waals surface area contributed by atoms with E-state index in [1.54, 1.807) is 25.3 Å². The molecule has 0 saturated carbocycles. The summed E-state index contributed by atoms with van der Waals surface area (Å²) in [5.74, 6) is -0.947. The smallest absolute Gasteiger partial charge is 0.337 e. The van der Waals surface area contributed by atoms with E-state index in [0.717, 1.165) is 5.56 Å². The van der Waals surface area contributed by atoms with Crippen molar-refractivity contribution in [3.63, 3.8) is 0 Å². The fraction of sp³-hybridized carbons (Fsp3) is 0.188. The van der Waals surface area contributed by atoms with Gasteiger partial charge < -0.3 is 15.2 Å². The number of carboxylic acid groups (broad SMARTS) is 1. The van der Waals surface area contributed by atoms with Gasteiger partial charge in [0.2, 0.25) is 0 Å². The average Bonchev–Trinajstić information content (AvgIpc) is 2.48. The molecule has 0 aliphatic carbocycles. The van der Waals surface area contributed by atoms with E-state index in [4.69, 9.17) is 4.74 Å². The van der Waals surface area contributed by atoms with Gasteiger partial charge in [-0.15, -0.1) is 0 Å². The molecule has 0 aromatic heterocycles. The number of hydrogen-bond donors (Lipinski definition) is 2. The van der Waals surface area contributed by atoms with Gasteiger partial charge in [0, 0.05) is 12.8 Å². The van der Waals surface area contributed by atoms with Crippen molar-refractivity contribution < 1.29 is 14.6 Å². The Kier molecular flexibility index (Phi) is 4.74. The number of nitrogens with one attached hydrogen (secondary N) is 1. The van der Waals surface area contributed by atoms with Crippen LogP contribution in [0.25, 0.3) is 0 Å². The van der Waals surface area contributed by atoms with Crippen LogP contribution in [0.15, 0.2) is 54.6 Å². The first-order valence-corrected chi connectivity index (χ1v) is 6.35. The number of anilines is 1. The van der Waals surface area contributed by atoms with Gasteiger partial charge in [-0.05, 0) is 17.7 Å². The third-order valence-electron chi connectivity index (χ3n) is 3.02. The molecule has 4 heteroatoms. The molecule has 2 rings (SSSR count). The van der Waals surface area contributed by atoms with Crippen LogP contribution in [0.4, 0.5) is 5.69 Å². The topological polar surface area (TPSA) is 58.6 Å². The fourth-order valence-corrected chi connectivity index (χ4v) is 2.06. The van der Waals surface area contributed by atoms with Crippen LogP contribution in [0.2, 0.25) is 0 Å². The Bertz CT molecular complexity index is 569. The summed E-state index contributed by atoms with van der Waals surface area (Å²) in [6.45, 7) is 0.456. The lowest BCUT2D eigenvalue weighted by molar-refractivity contribution is 0.0697. The second-order valence-electron chi connectivity index (χ2n) is 4.41. The Morgan fingerprint density at radius 1 is 1.15 bits per heavy atom. The maximum Gasteiger partial charge on any atom is 0.337 e. The molecule has 0 heterocycles. The molecule has 0 bridgehead atoms. The first-order chi connectivity index (χ1) is 9.72. The molecule has 0 saturated heterocycles. The van der Waals surface area contributed by atoms with E-state index >= 15 is 0 Å². The predicted molar refractivity (Wildman–Crippen MR) is 78.1 cm³/mol. The van der Waals surface area contributed by atoms with E-state index in [1.165, 1.54) is 0 Å². The monoisotopic (exact) mass is 271 g/mol. The van der Waals surface area contributed by atoms with Crippen molar-refractivity contribution in [2.45, 2.75) is 6.04 Å². The molecule has 0 radical (unpaired) electrons. The van der Waals surface area contributed by atoms with Crippen LogP contribution in [0, 0.1) is 0 Å². The van der Waals surface area contributed by atoms with Crippen molar-refractivity contribution in [1.82, 2.24) is 0 Å². The normalized spacial score (nSPS) is 11.8. The maximum atomic E-state index is 11.2. The lowest BCUT2D eigenvalue weighted by Crippen LogP contribution is -2.18. The third-order valence-corrected chi connectivity index (χ3v) is 3.02. The first-order valence-electron chi connectivity index (χ1n) is 6.35. The minimum absolute atomic E-state index is 0.0956. The van der Waals surface area contributed by atoms with Crippen molar-refractivity contribution in [3.05, 3.63) is 65.7 Å². The van der Waals surface area contributed by atoms with Crippen molar-refractivity contribution in [2.24, 2.45) is 0 Å². The number of hydrogen-bond acceptors (Lipinski definition) is 3. The molecule has 2 N–H and O–H groups in total. The maximum absolute atomic E-state index is 11.2. The van der Waals surface area contributed by atoms with Gasteiger partial charge in [0.05, 0.1) is 18.2 Å². The Hall–Kier alpha value is -2.33. The van der Waals surface area contributed by atoms with Crippen LogP contribution >= 0.6 is 0 Å². The SMILES string of the molecule is COCC(Nc1ccccc1C(=O)O)c1ccccc1. The number of methoxy groups -OCH3 is 1. The molecule has 0 fully saturated rings. The highest BCUT2D eigenvalue weighted by Crippen LogP contribution is 2.23. The van der Waals surface area contributed by atoms with Crippen LogP contribution in [0.3, 0.4) is 0 Å². The van der Waals surface area contributed by atoms with E-state index < -0.39 is 5.97 Å². The van der Waals surface area contributed by atoms with E-state index in [-0.39, 0.29) is 11.6 Å². The van der Waals surface area contributed by atoms with Crippen LogP contribution in [-0.4, -0.2) is 24.8 Å². The molecule has 0 aliphatic rings. The Morgan fingerprint density at radius 2 is 1.80 bits per heavy atom. The quantitative estimate of drug-likeness (QED) is 0.847. The summed E-state index contributed by atoms with van der Waals surface area (Å²) in [7, 11) is 1.63. The molecule has 2 aromatic carbocycles. The first kappa shape index (κ1) is 14.1. The van der Waals surface area contributed by atoms with Crippen molar-refractivity contribution >= 4 is 11.7 Å². The van der Waals surface area contributed by atoms with Gasteiger partial charge >= 0.3 is 5.97 Å². The van der Waals surface area contributed by atoms with Crippen molar-refractivity contribution in [1.29, 1.82) is 0 Å². The summed E-state index contributed by atoms with van der Waals surface area (Å²) in [5, 5.41) is 12.4. The van der Waals surface area contributed by atoms with Crippen LogP contribution < -0.4 is 5.32 Å². The highest BCUT2D eigenvalue weighted by molar-refractivity contribution is 5.94. The van der Waals surface area contributed by atoms with Crippen LogP contribution in [0.5, 0.6) is 0 Å². The summed E-state index contributed by atoms with van der Waals surface area (Å²) < 4.78 is 5.22. The Balaban J connectivity index is 2.27. The van der Waals surface area contributed by atoms with Gasteiger partial charge in [-0.3, -0.25) is 0 Å². The van der Waals surface area contributed by atoms with E-state index in [0.29, 0.717) is 12.3 Å². The number of ether oxygens (including phenoxy) is 1. The van der Waals surface area contributed by atoms with Gasteiger partial charge in [-0.1, -0.05) is 42.5 Å². The number of aromatic carboxylic acids is 1. The van der Waals surface area contributed by atoms with E-state index in [1.807, 2.05) is 36.4 Å². The third kappa shape index (κ3) is 3.36. The molecule has 1 unspecified atom stereocenters. The number of benzene rings is 2. The Labute approximate surface area is 118 Å². The largest absolute Gasteiger partial charge is 0.478 e. The zero-order valence-electron chi connectivity index (χ0n) is 11.2. The van der Waals surface area contributed by atoms with Gasteiger partial charge in [-0.25, -0.2) is 4.79 Å². The summed E-state index contributed by atoms with van der Waals surface area (Å²) in [6.07, 6.45) is 0. The molecule has 104 valence electrons.